The number of ether oxygens (including phenoxy) is 1. The van der Waals surface area contributed by atoms with E-state index in [1.54, 1.807) is 12.1 Å². The van der Waals surface area contributed by atoms with Crippen LogP contribution < -0.4 is 10.6 Å². The predicted molar refractivity (Wildman–Crippen MR) is 155 cm³/mol. The van der Waals surface area contributed by atoms with Gasteiger partial charge in [0.15, 0.2) is 0 Å². The van der Waals surface area contributed by atoms with Crippen LogP contribution in [0.2, 0.25) is 5.02 Å². The van der Waals surface area contributed by atoms with Gasteiger partial charge < -0.3 is 20.3 Å². The molecule has 2 aromatic carbocycles. The minimum Gasteiger partial charge on any atom is -0.381 e. The SMILES string of the molecule is O=C1N[C@H]2CCN(C(=O)Cc3ccc(Cl)cc3)C[C@H]2C/C=C/CC2(CCOCC2)C(=O)N[C@@H]1Cc1ccccc1. The van der Waals surface area contributed by atoms with E-state index in [1.807, 2.05) is 47.4 Å². The zero-order valence-corrected chi connectivity index (χ0v) is 23.6. The van der Waals surface area contributed by atoms with Crippen molar-refractivity contribution in [3.63, 3.8) is 0 Å². The molecule has 2 aromatic rings. The summed E-state index contributed by atoms with van der Waals surface area (Å²) in [5.74, 6) is -0.0741. The Morgan fingerprint density at radius 2 is 1.73 bits per heavy atom. The number of allylic oxidation sites excluding steroid dienone is 2. The first kappa shape index (κ1) is 28.4. The summed E-state index contributed by atoms with van der Waals surface area (Å²) in [6.45, 7) is 2.23. The Balaban J connectivity index is 1.35. The monoisotopic (exact) mass is 563 g/mol. The van der Waals surface area contributed by atoms with Crippen molar-refractivity contribution >= 4 is 29.3 Å². The zero-order chi connectivity index (χ0) is 28.0. The molecule has 3 amide bonds. The number of carbonyl (C=O) groups is 3. The minimum absolute atomic E-state index is 0.0729. The van der Waals surface area contributed by atoms with Crippen LogP contribution in [0.1, 0.15) is 43.2 Å². The third-order valence-corrected chi connectivity index (χ3v) is 8.89. The van der Waals surface area contributed by atoms with E-state index in [0.717, 1.165) is 17.5 Å². The number of halogens is 1. The summed E-state index contributed by atoms with van der Waals surface area (Å²) in [6.07, 6.45) is 8.26. The summed E-state index contributed by atoms with van der Waals surface area (Å²) >= 11 is 6.01. The molecule has 3 aliphatic heterocycles. The summed E-state index contributed by atoms with van der Waals surface area (Å²) < 4.78 is 5.59. The number of carbonyl (C=O) groups excluding carboxylic acids is 3. The maximum absolute atomic E-state index is 13.7. The molecule has 212 valence electrons. The van der Waals surface area contributed by atoms with Gasteiger partial charge in [0.05, 0.1) is 11.8 Å². The van der Waals surface area contributed by atoms with Crippen LogP contribution in [0.25, 0.3) is 0 Å². The van der Waals surface area contributed by atoms with Crippen molar-refractivity contribution in [3.05, 3.63) is 82.9 Å². The van der Waals surface area contributed by atoms with Crippen LogP contribution in [0.15, 0.2) is 66.7 Å². The number of likely N-dealkylation sites (tertiary alicyclic amines) is 1. The van der Waals surface area contributed by atoms with Gasteiger partial charge in [0.25, 0.3) is 0 Å². The number of piperidine rings is 1. The van der Waals surface area contributed by atoms with E-state index in [9.17, 15) is 14.4 Å². The molecule has 2 saturated heterocycles. The Kier molecular flexibility index (Phi) is 9.22. The molecule has 7 nitrogen and oxygen atoms in total. The Hall–Kier alpha value is -3.16. The fraction of sp³-hybridized carbons (Fsp3) is 0.469. The van der Waals surface area contributed by atoms with E-state index in [2.05, 4.69) is 22.8 Å². The zero-order valence-electron chi connectivity index (χ0n) is 22.8. The normalized spacial score (nSPS) is 26.0. The highest BCUT2D eigenvalue weighted by molar-refractivity contribution is 6.30. The third-order valence-electron chi connectivity index (χ3n) is 8.63. The Morgan fingerprint density at radius 3 is 2.48 bits per heavy atom. The smallest absolute Gasteiger partial charge is 0.243 e. The van der Waals surface area contributed by atoms with E-state index < -0.39 is 11.5 Å². The van der Waals surface area contributed by atoms with E-state index in [0.29, 0.717) is 69.9 Å². The molecule has 0 saturated carbocycles. The van der Waals surface area contributed by atoms with E-state index in [4.69, 9.17) is 16.3 Å². The fourth-order valence-corrected chi connectivity index (χ4v) is 6.22. The first-order valence-corrected chi connectivity index (χ1v) is 14.7. The van der Waals surface area contributed by atoms with Gasteiger partial charge in [-0.3, -0.25) is 14.4 Å². The lowest BCUT2D eigenvalue weighted by molar-refractivity contribution is -0.140. The number of rotatable bonds is 4. The van der Waals surface area contributed by atoms with Gasteiger partial charge in [0.2, 0.25) is 17.7 Å². The number of fused-ring (bicyclic) bond motifs is 1. The van der Waals surface area contributed by atoms with Gasteiger partial charge in [-0.05, 0) is 55.4 Å². The average molecular weight is 564 g/mol. The topological polar surface area (TPSA) is 87.7 Å². The first-order chi connectivity index (χ1) is 19.4. The van der Waals surface area contributed by atoms with Crippen molar-refractivity contribution < 1.29 is 19.1 Å². The Labute approximate surface area is 241 Å². The van der Waals surface area contributed by atoms with Crippen LogP contribution in [-0.4, -0.2) is 61.0 Å². The summed E-state index contributed by atoms with van der Waals surface area (Å²) in [5.41, 5.74) is 1.34. The molecule has 3 aliphatic rings. The maximum Gasteiger partial charge on any atom is 0.243 e. The number of nitrogens with zero attached hydrogens (tertiary/aromatic N) is 1. The Bertz CT molecular complexity index is 1210. The van der Waals surface area contributed by atoms with Crippen LogP contribution in [0.4, 0.5) is 0 Å². The summed E-state index contributed by atoms with van der Waals surface area (Å²) in [4.78, 5) is 42.5. The number of hydrogen-bond donors (Lipinski definition) is 2. The Morgan fingerprint density at radius 1 is 0.975 bits per heavy atom. The predicted octanol–water partition coefficient (Wildman–Crippen LogP) is 4.09. The molecule has 0 aliphatic carbocycles. The van der Waals surface area contributed by atoms with Crippen molar-refractivity contribution in [2.75, 3.05) is 26.3 Å². The summed E-state index contributed by atoms with van der Waals surface area (Å²) in [5, 5.41) is 7.05. The third kappa shape index (κ3) is 6.94. The van der Waals surface area contributed by atoms with E-state index in [-0.39, 0.29) is 29.7 Å². The number of hydrogen-bond acceptors (Lipinski definition) is 4. The second-order valence-electron chi connectivity index (χ2n) is 11.3. The van der Waals surface area contributed by atoms with Crippen LogP contribution in [-0.2, 0) is 32.0 Å². The van der Waals surface area contributed by atoms with Crippen molar-refractivity contribution in [1.29, 1.82) is 0 Å². The van der Waals surface area contributed by atoms with E-state index in [1.165, 1.54) is 0 Å². The van der Waals surface area contributed by atoms with Crippen molar-refractivity contribution in [2.24, 2.45) is 11.3 Å². The number of amides is 3. The van der Waals surface area contributed by atoms with Crippen molar-refractivity contribution in [1.82, 2.24) is 15.5 Å². The number of nitrogens with one attached hydrogen (secondary N) is 2. The van der Waals surface area contributed by atoms with Crippen LogP contribution >= 0.6 is 11.6 Å². The molecule has 0 unspecified atom stereocenters. The second kappa shape index (κ2) is 13.0. The van der Waals surface area contributed by atoms with Crippen LogP contribution in [0, 0.1) is 11.3 Å². The van der Waals surface area contributed by atoms with Gasteiger partial charge in [0, 0.05) is 49.7 Å². The summed E-state index contributed by atoms with van der Waals surface area (Å²) in [6, 6.07) is 16.4. The molecule has 1 spiro atoms. The molecule has 2 fully saturated rings. The second-order valence-corrected chi connectivity index (χ2v) is 11.8. The molecule has 3 atom stereocenters. The molecular weight excluding hydrogens is 526 g/mol. The molecule has 0 bridgehead atoms. The number of benzene rings is 2. The lowest BCUT2D eigenvalue weighted by atomic mass is 9.75. The van der Waals surface area contributed by atoms with Crippen molar-refractivity contribution in [2.45, 2.75) is 57.0 Å². The minimum atomic E-state index is -0.678. The van der Waals surface area contributed by atoms with Gasteiger partial charge in [0.1, 0.15) is 6.04 Å². The first-order valence-electron chi connectivity index (χ1n) is 14.3. The van der Waals surface area contributed by atoms with Crippen LogP contribution in [0.5, 0.6) is 0 Å². The highest BCUT2D eigenvalue weighted by atomic mass is 35.5. The van der Waals surface area contributed by atoms with E-state index >= 15 is 0 Å². The molecule has 40 heavy (non-hydrogen) atoms. The largest absolute Gasteiger partial charge is 0.381 e. The maximum atomic E-state index is 13.7. The molecule has 5 rings (SSSR count). The highest BCUT2D eigenvalue weighted by Crippen LogP contribution is 2.36. The molecule has 8 heteroatoms. The fourth-order valence-electron chi connectivity index (χ4n) is 6.10. The average Bonchev–Trinajstić information content (AvgIpc) is 2.97. The summed E-state index contributed by atoms with van der Waals surface area (Å²) in [7, 11) is 0. The highest BCUT2D eigenvalue weighted by Gasteiger charge is 2.41. The molecule has 2 N–H and O–H groups in total. The molecule has 0 aromatic heterocycles. The van der Waals surface area contributed by atoms with Crippen LogP contribution in [0.3, 0.4) is 0 Å². The van der Waals surface area contributed by atoms with Gasteiger partial charge >= 0.3 is 0 Å². The van der Waals surface area contributed by atoms with Gasteiger partial charge in [-0.15, -0.1) is 0 Å². The molecule has 3 heterocycles. The van der Waals surface area contributed by atoms with Crippen molar-refractivity contribution in [3.8, 4) is 0 Å². The van der Waals surface area contributed by atoms with Gasteiger partial charge in [-0.2, -0.15) is 0 Å². The van der Waals surface area contributed by atoms with Gasteiger partial charge in [-0.25, -0.2) is 0 Å². The lowest BCUT2D eigenvalue weighted by Crippen LogP contribution is -2.58. The standard InChI is InChI=1S/C32H38ClN3O4/c33-26-11-9-24(10-12-26)21-29(37)36-17-13-27-25(22-36)8-4-5-14-32(15-18-40-19-16-32)31(39)35-28(30(38)34-27)20-23-6-2-1-3-7-23/h1-7,9-12,25,27-28H,8,13-22H2,(H,34,38)(H,35,39)/b5-4+/t25-,27+,28-/m1/s1. The van der Waals surface area contributed by atoms with Gasteiger partial charge in [-0.1, -0.05) is 66.2 Å². The lowest BCUT2D eigenvalue weighted by Gasteiger charge is -2.40. The molecular formula is C32H38ClN3O4. The quantitative estimate of drug-likeness (QED) is 0.549. The molecule has 0 radical (unpaired) electrons.